The van der Waals surface area contributed by atoms with Crippen LogP contribution in [0.1, 0.15) is 102 Å². The average Bonchev–Trinajstić information content (AvgIpc) is 1.51. The van der Waals surface area contributed by atoms with Crippen LogP contribution in [0.4, 0.5) is 0 Å². The number of rotatable bonds is 28. The first-order valence-electron chi connectivity index (χ1n) is 31.9. The SMILES string of the molecule is CC(=O)N[C@H]1CCC(=O)N[C@@H](C(=O)N[C@@H](CO)C(=O)N[C@@H](Cc2ccc(O)cc2)C(=O)N[C@H](Cc2ccc3ccccc3c2)C(=O)N[C@H](CC(C)C)C(=O)N[C@@H](CCCN=C(N)N)C(=O)N2CCC[C@H]2C(=O)N[C@H](C)C(N)=O)CCCNC(=O)[C@@H](Cc2ccc(Cl)cc2)NC1=O. The summed E-state index contributed by atoms with van der Waals surface area (Å²) in [5.74, 6) is -9.93. The lowest BCUT2D eigenvalue weighted by Crippen LogP contribution is -2.61. The maximum absolute atomic E-state index is 15.0. The van der Waals surface area contributed by atoms with Crippen LogP contribution in [-0.2, 0) is 76.8 Å². The van der Waals surface area contributed by atoms with Crippen molar-refractivity contribution < 1.29 is 67.7 Å². The monoisotopic (exact) mass is 1350 g/mol. The van der Waals surface area contributed by atoms with E-state index in [4.69, 9.17) is 28.8 Å². The molecule has 2 fully saturated rings. The number of likely N-dealkylation sites (tertiary alicyclic amines) is 1. The summed E-state index contributed by atoms with van der Waals surface area (Å²) in [4.78, 5) is 172. The van der Waals surface area contributed by atoms with E-state index in [9.17, 15) is 58.2 Å². The van der Waals surface area contributed by atoms with E-state index in [0.717, 1.165) is 10.8 Å². The zero-order valence-corrected chi connectivity index (χ0v) is 54.9. The Labute approximate surface area is 560 Å². The lowest BCUT2D eigenvalue weighted by Gasteiger charge is -2.31. The van der Waals surface area contributed by atoms with Crippen molar-refractivity contribution in [2.24, 2.45) is 28.1 Å². The number of aliphatic hydroxyl groups excluding tert-OH is 1. The Morgan fingerprint density at radius 1 is 0.667 bits per heavy atom. The van der Waals surface area contributed by atoms with Crippen molar-refractivity contribution in [2.75, 3.05) is 26.2 Å². The van der Waals surface area contributed by atoms with Crippen LogP contribution in [0.5, 0.6) is 5.75 Å². The number of hydrogen-bond acceptors (Lipinski definition) is 15. The quantitative estimate of drug-likeness (QED) is 0.0182. The Morgan fingerprint density at radius 3 is 1.91 bits per heavy atom. The third kappa shape index (κ3) is 23.5. The summed E-state index contributed by atoms with van der Waals surface area (Å²) in [5, 5.41) is 49.5. The average molecular weight is 1350 g/mol. The summed E-state index contributed by atoms with van der Waals surface area (Å²) in [5.41, 5.74) is 18.2. The van der Waals surface area contributed by atoms with Gasteiger partial charge in [-0.05, 0) is 116 Å². The molecule has 0 spiro atoms. The van der Waals surface area contributed by atoms with Crippen molar-refractivity contribution in [3.05, 3.63) is 113 Å². The molecule has 96 heavy (non-hydrogen) atoms. The molecule has 0 saturated carbocycles. The molecule has 2 heterocycles. The number of carbonyl (C=O) groups is 12. The zero-order chi connectivity index (χ0) is 70.2. The number of aromatic hydroxyl groups is 1. The first-order chi connectivity index (χ1) is 45.7. The predicted molar refractivity (Wildman–Crippen MR) is 355 cm³/mol. The number of guanidine groups is 1. The fraction of sp³-hybridized carbons (Fsp3) is 0.470. The number of hydrogen-bond donors (Lipinski definition) is 15. The fourth-order valence-corrected chi connectivity index (χ4v) is 11.2. The van der Waals surface area contributed by atoms with Crippen LogP contribution >= 0.6 is 11.6 Å². The predicted octanol–water partition coefficient (Wildman–Crippen LogP) is -1.11. The van der Waals surface area contributed by atoms with E-state index >= 15 is 9.59 Å². The molecule has 29 nitrogen and oxygen atoms in total. The van der Waals surface area contributed by atoms with Gasteiger partial charge in [0.15, 0.2) is 5.96 Å². The molecule has 2 aliphatic rings. The highest BCUT2D eigenvalue weighted by Gasteiger charge is 2.40. The molecule has 0 unspecified atom stereocenters. The topological polar surface area (TPSA) is 459 Å². The number of phenolic OH excluding ortho intramolecular Hbond substituents is 1. The number of amides is 12. The minimum atomic E-state index is -1.79. The summed E-state index contributed by atoms with van der Waals surface area (Å²) >= 11 is 6.08. The molecule has 4 aromatic rings. The maximum Gasteiger partial charge on any atom is 0.245 e. The highest BCUT2D eigenvalue weighted by Crippen LogP contribution is 2.22. The molecule has 518 valence electrons. The van der Waals surface area contributed by atoms with Gasteiger partial charge in [0.2, 0.25) is 70.9 Å². The van der Waals surface area contributed by atoms with Crippen LogP contribution in [-0.4, -0.2) is 179 Å². The smallest absolute Gasteiger partial charge is 0.245 e. The van der Waals surface area contributed by atoms with Crippen LogP contribution in [0.2, 0.25) is 5.02 Å². The van der Waals surface area contributed by atoms with Gasteiger partial charge in [0, 0.05) is 57.3 Å². The molecule has 0 bridgehead atoms. The Kier molecular flexibility index (Phi) is 28.7. The van der Waals surface area contributed by atoms with Crippen molar-refractivity contribution in [3.8, 4) is 5.75 Å². The second kappa shape index (κ2) is 36.7. The van der Waals surface area contributed by atoms with Crippen molar-refractivity contribution in [3.63, 3.8) is 0 Å². The number of carbonyl (C=O) groups excluding carboxylic acids is 12. The van der Waals surface area contributed by atoms with Gasteiger partial charge in [0.1, 0.15) is 66.2 Å². The van der Waals surface area contributed by atoms with Crippen LogP contribution < -0.4 is 70.4 Å². The van der Waals surface area contributed by atoms with E-state index in [1.54, 1.807) is 44.2 Å². The molecular formula is C66H88ClN15O14. The van der Waals surface area contributed by atoms with Gasteiger partial charge in [-0.15, -0.1) is 0 Å². The first-order valence-corrected chi connectivity index (χ1v) is 32.3. The standard InChI is InChI=1S/C66H88ClN15O14/c1-36(2)30-49(60(91)76-48(13-8-28-72-66(69)70)65(96)82-29-9-14-54(82)64(95)73-37(3)56(68)87)77-62(93)52(34-41-15-20-42-10-5-6-11-43(42)31-41)79-61(92)51(33-40-18-23-45(85)24-19-40)80-63(94)53(35-83)81-58(89)46-12-7-27-71-57(88)50(32-39-16-21-44(67)22-17-39)78-59(90)47(74-38(4)84)25-26-55(86)75-46/h5-6,10-11,15-24,31,36-37,46-54,83,85H,7-9,12-14,25-30,32-35H2,1-4H3,(H2,68,87)(H,71,88)(H,73,95)(H,74,84)(H,75,86)(H,76,91)(H,77,93)(H,78,90)(H,79,92)(H,80,94)(H,81,89)(H4,69,70,72)/t37-,46-,47+,48+,49-,50-,51+,52-,53+,54+/m1/s1. The van der Waals surface area contributed by atoms with Crippen molar-refractivity contribution in [1.82, 2.24) is 58.1 Å². The summed E-state index contributed by atoms with van der Waals surface area (Å²) < 4.78 is 0. The lowest BCUT2D eigenvalue weighted by atomic mass is 9.98. The van der Waals surface area contributed by atoms with Crippen LogP contribution in [0.15, 0.2) is 96.0 Å². The first kappa shape index (κ1) is 75.1. The highest BCUT2D eigenvalue weighted by molar-refractivity contribution is 6.30. The summed E-state index contributed by atoms with van der Waals surface area (Å²) in [6.45, 7) is 5.28. The van der Waals surface area contributed by atoms with Gasteiger partial charge in [-0.3, -0.25) is 62.5 Å². The third-order valence-corrected chi connectivity index (χ3v) is 16.4. The van der Waals surface area contributed by atoms with Gasteiger partial charge < -0.3 is 85.5 Å². The van der Waals surface area contributed by atoms with Crippen molar-refractivity contribution >= 4 is 99.2 Å². The molecule has 18 N–H and O–H groups in total. The minimum absolute atomic E-state index is 0.0154. The van der Waals surface area contributed by atoms with Gasteiger partial charge in [0.05, 0.1) is 6.61 Å². The molecule has 30 heteroatoms. The van der Waals surface area contributed by atoms with E-state index < -0.39 is 144 Å². The lowest BCUT2D eigenvalue weighted by molar-refractivity contribution is -0.142. The number of nitrogens with one attached hydrogen (secondary N) is 10. The molecule has 4 aromatic carbocycles. The van der Waals surface area contributed by atoms with Gasteiger partial charge in [-0.2, -0.15) is 0 Å². The number of fused-ring (bicyclic) bond motifs is 1. The number of halogens is 1. The normalized spacial score (nSPS) is 18.8. The second-order valence-corrected chi connectivity index (χ2v) is 24.8. The van der Waals surface area contributed by atoms with Gasteiger partial charge in [0.25, 0.3) is 0 Å². The largest absolute Gasteiger partial charge is 0.508 e. The highest BCUT2D eigenvalue weighted by atomic mass is 35.5. The third-order valence-electron chi connectivity index (χ3n) is 16.2. The number of nitrogens with two attached hydrogens (primary N) is 3. The second-order valence-electron chi connectivity index (χ2n) is 24.4. The Bertz CT molecular complexity index is 3460. The van der Waals surface area contributed by atoms with E-state index in [2.05, 4.69) is 58.2 Å². The fourth-order valence-electron chi connectivity index (χ4n) is 11.1. The van der Waals surface area contributed by atoms with Crippen LogP contribution in [0, 0.1) is 5.92 Å². The Balaban J connectivity index is 1.25. The van der Waals surface area contributed by atoms with Gasteiger partial charge in [-0.25, -0.2) is 0 Å². The minimum Gasteiger partial charge on any atom is -0.508 e. The van der Waals surface area contributed by atoms with Gasteiger partial charge >= 0.3 is 0 Å². The molecular weight excluding hydrogens is 1260 g/mol. The number of benzene rings is 4. The van der Waals surface area contributed by atoms with E-state index in [-0.39, 0.29) is 101 Å². The summed E-state index contributed by atoms with van der Waals surface area (Å²) in [6.07, 6.45) is -0.286. The van der Waals surface area contributed by atoms with E-state index in [1.807, 2.05) is 36.4 Å². The zero-order valence-electron chi connectivity index (χ0n) is 54.1. The summed E-state index contributed by atoms with van der Waals surface area (Å²) in [7, 11) is 0. The molecule has 0 aliphatic carbocycles. The van der Waals surface area contributed by atoms with Crippen LogP contribution in [0.25, 0.3) is 10.8 Å². The molecule has 0 radical (unpaired) electrons. The Morgan fingerprint density at radius 2 is 1.27 bits per heavy atom. The molecule has 10 atom stereocenters. The van der Waals surface area contributed by atoms with Gasteiger partial charge in [-0.1, -0.05) is 92.2 Å². The molecule has 0 aromatic heterocycles. The van der Waals surface area contributed by atoms with Crippen molar-refractivity contribution in [1.29, 1.82) is 0 Å². The molecule has 2 saturated heterocycles. The summed E-state index contributed by atoms with van der Waals surface area (Å²) in [6, 6.07) is 11.7. The molecule has 6 rings (SSSR count). The van der Waals surface area contributed by atoms with E-state index in [0.29, 0.717) is 28.1 Å². The number of primary amides is 1. The van der Waals surface area contributed by atoms with E-state index in [1.165, 1.54) is 43.0 Å². The Hall–Kier alpha value is -9.90. The van der Waals surface area contributed by atoms with Crippen LogP contribution in [0.3, 0.4) is 0 Å². The number of aliphatic imine (C=N–C) groups is 1. The van der Waals surface area contributed by atoms with Crippen molar-refractivity contribution in [2.45, 2.75) is 165 Å². The molecule has 12 amide bonds. The molecule has 2 aliphatic heterocycles. The number of nitrogens with zero attached hydrogens (tertiary/aromatic N) is 2. The maximum atomic E-state index is 15.0. The number of phenols is 1. The number of aliphatic hydroxyl groups is 1.